The summed E-state index contributed by atoms with van der Waals surface area (Å²) >= 11 is 0. The van der Waals surface area contributed by atoms with Gasteiger partial charge in [0.15, 0.2) is 5.65 Å². The summed E-state index contributed by atoms with van der Waals surface area (Å²) in [6, 6.07) is 8.04. The number of rotatable bonds is 2. The van der Waals surface area contributed by atoms with Gasteiger partial charge >= 0.3 is 6.18 Å². The molecular weight excluding hydrogens is 400 g/mol. The summed E-state index contributed by atoms with van der Waals surface area (Å²) in [5.74, 6) is -1.02. The minimum atomic E-state index is -4.52. The molecule has 1 amide bonds. The monoisotopic (exact) mass is 418 g/mol. The van der Waals surface area contributed by atoms with E-state index in [1.807, 2.05) is 0 Å². The number of hydrogen-bond acceptors (Lipinski definition) is 3. The van der Waals surface area contributed by atoms with Crippen molar-refractivity contribution in [2.75, 3.05) is 13.1 Å². The molecule has 1 saturated heterocycles. The summed E-state index contributed by atoms with van der Waals surface area (Å²) in [4.78, 5) is 18.8. The molecule has 156 valence electrons. The lowest BCUT2D eigenvalue weighted by Crippen LogP contribution is -2.30. The number of pyridine rings is 1. The standard InChI is InChI=1S/C21H18F4N4O/c22-15-4-5-17(21(23,24)25)16(9-15)12-7-13-10-28(11-14(13)8-12)20(30)19-26-18-3-1-2-6-29(18)27-19/h1-6,9,12-14H,7-8,10-11H2/t12-,13-,14+. The minimum absolute atomic E-state index is 0.0248. The van der Waals surface area contributed by atoms with Crippen molar-refractivity contribution >= 4 is 11.6 Å². The van der Waals surface area contributed by atoms with Gasteiger partial charge in [-0.1, -0.05) is 6.07 Å². The van der Waals surface area contributed by atoms with Gasteiger partial charge in [-0.25, -0.2) is 13.9 Å². The third-order valence-corrected chi connectivity index (χ3v) is 6.23. The van der Waals surface area contributed by atoms with Crippen LogP contribution in [0.1, 0.15) is 40.5 Å². The fourth-order valence-corrected chi connectivity index (χ4v) is 4.91. The first-order valence-corrected chi connectivity index (χ1v) is 9.77. The number of aromatic nitrogens is 3. The van der Waals surface area contributed by atoms with E-state index in [0.717, 1.165) is 18.2 Å². The van der Waals surface area contributed by atoms with Crippen LogP contribution in [0.15, 0.2) is 42.6 Å². The van der Waals surface area contributed by atoms with Crippen LogP contribution in [0, 0.1) is 17.7 Å². The van der Waals surface area contributed by atoms with Crippen molar-refractivity contribution in [2.24, 2.45) is 11.8 Å². The third kappa shape index (κ3) is 3.22. The maximum absolute atomic E-state index is 13.7. The fourth-order valence-electron chi connectivity index (χ4n) is 4.91. The molecule has 1 aliphatic heterocycles. The molecule has 0 bridgehead atoms. The molecule has 0 radical (unpaired) electrons. The van der Waals surface area contributed by atoms with Crippen LogP contribution in [0.3, 0.4) is 0 Å². The lowest BCUT2D eigenvalue weighted by atomic mass is 9.91. The first-order valence-electron chi connectivity index (χ1n) is 9.77. The molecule has 1 aliphatic carbocycles. The summed E-state index contributed by atoms with van der Waals surface area (Å²) in [6.07, 6.45) is -1.81. The first-order chi connectivity index (χ1) is 14.3. The van der Waals surface area contributed by atoms with Crippen molar-refractivity contribution in [3.05, 3.63) is 65.4 Å². The number of hydrogen-bond donors (Lipinski definition) is 0. The maximum atomic E-state index is 13.7. The Hall–Kier alpha value is -2.97. The van der Waals surface area contributed by atoms with Crippen molar-refractivity contribution in [1.29, 1.82) is 0 Å². The molecule has 1 aromatic carbocycles. The molecule has 3 heterocycles. The summed E-state index contributed by atoms with van der Waals surface area (Å²) in [7, 11) is 0. The summed E-state index contributed by atoms with van der Waals surface area (Å²) in [5, 5.41) is 4.21. The van der Waals surface area contributed by atoms with Crippen molar-refractivity contribution in [1.82, 2.24) is 19.5 Å². The number of nitrogens with zero attached hydrogens (tertiary/aromatic N) is 4. The van der Waals surface area contributed by atoms with Crippen LogP contribution < -0.4 is 0 Å². The van der Waals surface area contributed by atoms with Gasteiger partial charge < -0.3 is 4.90 Å². The Morgan fingerprint density at radius 2 is 1.80 bits per heavy atom. The largest absolute Gasteiger partial charge is 0.416 e. The Morgan fingerprint density at radius 1 is 1.07 bits per heavy atom. The van der Waals surface area contributed by atoms with E-state index in [1.54, 1.807) is 29.3 Å². The van der Waals surface area contributed by atoms with Gasteiger partial charge in [-0.05, 0) is 66.5 Å². The second-order valence-corrected chi connectivity index (χ2v) is 8.07. The molecule has 1 saturated carbocycles. The Balaban J connectivity index is 1.32. The second kappa shape index (κ2) is 6.78. The molecule has 30 heavy (non-hydrogen) atoms. The molecule has 0 N–H and O–H groups in total. The predicted octanol–water partition coefficient (Wildman–Crippen LogP) is 4.15. The number of alkyl halides is 3. The summed E-state index contributed by atoms with van der Waals surface area (Å²) in [5.41, 5.74) is -0.168. The van der Waals surface area contributed by atoms with E-state index in [2.05, 4.69) is 10.1 Å². The highest BCUT2D eigenvalue weighted by Gasteiger charge is 2.45. The zero-order valence-corrected chi connectivity index (χ0v) is 15.8. The predicted molar refractivity (Wildman–Crippen MR) is 99.2 cm³/mol. The highest BCUT2D eigenvalue weighted by molar-refractivity contribution is 5.91. The summed E-state index contributed by atoms with van der Waals surface area (Å²) < 4.78 is 55.3. The number of likely N-dealkylation sites (tertiary alicyclic amines) is 1. The zero-order valence-electron chi connectivity index (χ0n) is 15.8. The van der Waals surface area contributed by atoms with Gasteiger partial charge in [0.1, 0.15) is 5.82 Å². The number of carbonyl (C=O) groups excluding carboxylic acids is 1. The van der Waals surface area contributed by atoms with Crippen molar-refractivity contribution in [3.63, 3.8) is 0 Å². The zero-order chi connectivity index (χ0) is 21.0. The molecule has 5 nitrogen and oxygen atoms in total. The van der Waals surface area contributed by atoms with Gasteiger partial charge in [0.05, 0.1) is 5.56 Å². The van der Waals surface area contributed by atoms with E-state index in [4.69, 9.17) is 0 Å². The molecule has 0 unspecified atom stereocenters. The van der Waals surface area contributed by atoms with Gasteiger partial charge in [0.25, 0.3) is 5.91 Å². The number of fused-ring (bicyclic) bond motifs is 2. The van der Waals surface area contributed by atoms with E-state index < -0.39 is 17.6 Å². The van der Waals surface area contributed by atoms with Crippen molar-refractivity contribution in [3.8, 4) is 0 Å². The van der Waals surface area contributed by atoms with Crippen LogP contribution >= 0.6 is 0 Å². The molecular formula is C21H18F4N4O. The van der Waals surface area contributed by atoms with E-state index >= 15 is 0 Å². The van der Waals surface area contributed by atoms with Crippen LogP contribution in [0.25, 0.3) is 5.65 Å². The SMILES string of the molecule is O=C(c1nc2ccccn2n1)N1C[C@H]2C[C@@H](c3cc(F)ccc3C(F)(F)F)C[C@H]2C1. The van der Waals surface area contributed by atoms with Crippen LogP contribution in [0.2, 0.25) is 0 Å². The van der Waals surface area contributed by atoms with Crippen molar-refractivity contribution < 1.29 is 22.4 Å². The van der Waals surface area contributed by atoms with Crippen LogP contribution in [-0.2, 0) is 6.18 Å². The molecule has 5 rings (SSSR count). The normalized spacial score (nSPS) is 23.9. The number of halogens is 4. The van der Waals surface area contributed by atoms with Crippen LogP contribution in [-0.4, -0.2) is 38.5 Å². The smallest absolute Gasteiger partial charge is 0.335 e. The fraction of sp³-hybridized carbons (Fsp3) is 0.381. The van der Waals surface area contributed by atoms with Gasteiger partial charge in [0, 0.05) is 19.3 Å². The molecule has 0 spiro atoms. The summed E-state index contributed by atoms with van der Waals surface area (Å²) in [6.45, 7) is 0.901. The molecule has 2 aliphatic rings. The van der Waals surface area contributed by atoms with Gasteiger partial charge in [-0.15, -0.1) is 5.10 Å². The van der Waals surface area contributed by atoms with Crippen molar-refractivity contribution in [2.45, 2.75) is 24.9 Å². The van der Waals surface area contributed by atoms with E-state index in [9.17, 15) is 22.4 Å². The van der Waals surface area contributed by atoms with Gasteiger partial charge in [-0.2, -0.15) is 13.2 Å². The second-order valence-electron chi connectivity index (χ2n) is 8.07. The van der Waals surface area contributed by atoms with Gasteiger partial charge in [-0.3, -0.25) is 4.79 Å². The molecule has 9 heteroatoms. The Bertz CT molecular complexity index is 1080. The highest BCUT2D eigenvalue weighted by atomic mass is 19.4. The molecule has 2 fully saturated rings. The Kier molecular flexibility index (Phi) is 4.30. The number of carbonyl (C=O) groups is 1. The van der Waals surface area contributed by atoms with Crippen LogP contribution in [0.4, 0.5) is 17.6 Å². The number of amides is 1. The van der Waals surface area contributed by atoms with E-state index in [0.29, 0.717) is 31.6 Å². The molecule has 3 atom stereocenters. The van der Waals surface area contributed by atoms with E-state index in [1.165, 1.54) is 4.52 Å². The maximum Gasteiger partial charge on any atom is 0.416 e. The topological polar surface area (TPSA) is 50.5 Å². The minimum Gasteiger partial charge on any atom is -0.335 e. The lowest BCUT2D eigenvalue weighted by molar-refractivity contribution is -0.138. The van der Waals surface area contributed by atoms with Gasteiger partial charge in [0.2, 0.25) is 5.82 Å². The number of benzene rings is 1. The molecule has 2 aromatic heterocycles. The van der Waals surface area contributed by atoms with Crippen LogP contribution in [0.5, 0.6) is 0 Å². The average molecular weight is 418 g/mol. The molecule has 3 aromatic rings. The first kappa shape index (κ1) is 19.0. The Labute approximate surface area is 169 Å². The quantitative estimate of drug-likeness (QED) is 0.588. The van der Waals surface area contributed by atoms with E-state index in [-0.39, 0.29) is 35.0 Å². The average Bonchev–Trinajstić information content (AvgIpc) is 3.38. The highest BCUT2D eigenvalue weighted by Crippen LogP contribution is 2.49. The lowest BCUT2D eigenvalue weighted by Gasteiger charge is -2.21. The third-order valence-electron chi connectivity index (χ3n) is 6.23. The Morgan fingerprint density at radius 3 is 2.47 bits per heavy atom.